The second-order valence-corrected chi connectivity index (χ2v) is 5.63. The SMILES string of the molecule is CNC(=O)NC(=O)[C@@H](NC[C@@H](C)c1ccccc1)c1ccccc1. The van der Waals surface area contributed by atoms with Crippen LogP contribution in [0, 0.1) is 0 Å². The quantitative estimate of drug-likeness (QED) is 0.764. The lowest BCUT2D eigenvalue weighted by Crippen LogP contribution is -2.44. The Morgan fingerprint density at radius 2 is 1.46 bits per heavy atom. The van der Waals surface area contributed by atoms with Crippen molar-refractivity contribution in [2.24, 2.45) is 0 Å². The van der Waals surface area contributed by atoms with Crippen molar-refractivity contribution in [2.75, 3.05) is 13.6 Å². The Labute approximate surface area is 142 Å². The fraction of sp³-hybridized carbons (Fsp3) is 0.263. The Hall–Kier alpha value is -2.66. The molecule has 2 atom stereocenters. The van der Waals surface area contributed by atoms with Crippen LogP contribution < -0.4 is 16.0 Å². The lowest BCUT2D eigenvalue weighted by Gasteiger charge is -2.21. The summed E-state index contributed by atoms with van der Waals surface area (Å²) in [6.45, 7) is 2.71. The largest absolute Gasteiger partial charge is 0.341 e. The maximum Gasteiger partial charge on any atom is 0.321 e. The van der Waals surface area contributed by atoms with Crippen LogP contribution in [0.2, 0.25) is 0 Å². The van der Waals surface area contributed by atoms with E-state index in [4.69, 9.17) is 0 Å². The Bertz CT molecular complexity index is 659. The van der Waals surface area contributed by atoms with Crippen molar-refractivity contribution >= 4 is 11.9 Å². The molecule has 5 heteroatoms. The molecule has 5 nitrogen and oxygen atoms in total. The number of hydrogen-bond donors (Lipinski definition) is 3. The fourth-order valence-electron chi connectivity index (χ4n) is 2.45. The zero-order valence-electron chi connectivity index (χ0n) is 14.0. The van der Waals surface area contributed by atoms with E-state index in [1.54, 1.807) is 0 Å². The van der Waals surface area contributed by atoms with Gasteiger partial charge in [-0.1, -0.05) is 67.6 Å². The summed E-state index contributed by atoms with van der Waals surface area (Å²) in [5.41, 5.74) is 2.02. The molecule has 0 fully saturated rings. The molecule has 0 saturated carbocycles. The van der Waals surface area contributed by atoms with Crippen molar-refractivity contribution in [3.05, 3.63) is 71.8 Å². The van der Waals surface area contributed by atoms with Gasteiger partial charge in [-0.05, 0) is 17.0 Å². The minimum atomic E-state index is -0.588. The second-order valence-electron chi connectivity index (χ2n) is 5.63. The molecule has 0 spiro atoms. The van der Waals surface area contributed by atoms with Gasteiger partial charge < -0.3 is 10.6 Å². The minimum absolute atomic E-state index is 0.241. The van der Waals surface area contributed by atoms with Gasteiger partial charge in [-0.15, -0.1) is 0 Å². The first-order valence-corrected chi connectivity index (χ1v) is 7.97. The van der Waals surface area contributed by atoms with Gasteiger partial charge in [0.1, 0.15) is 6.04 Å². The molecule has 126 valence electrons. The van der Waals surface area contributed by atoms with Crippen LogP contribution in [0.4, 0.5) is 4.79 Å². The molecule has 0 aliphatic heterocycles. The minimum Gasteiger partial charge on any atom is -0.341 e. The van der Waals surface area contributed by atoms with Gasteiger partial charge in [0.2, 0.25) is 5.91 Å². The molecule has 2 rings (SSSR count). The van der Waals surface area contributed by atoms with Crippen LogP contribution in [0.15, 0.2) is 60.7 Å². The van der Waals surface area contributed by atoms with Crippen molar-refractivity contribution in [1.82, 2.24) is 16.0 Å². The van der Waals surface area contributed by atoms with Crippen LogP contribution >= 0.6 is 0 Å². The predicted molar refractivity (Wildman–Crippen MR) is 94.6 cm³/mol. The first-order valence-electron chi connectivity index (χ1n) is 7.97. The van der Waals surface area contributed by atoms with E-state index < -0.39 is 12.1 Å². The van der Waals surface area contributed by atoms with Crippen molar-refractivity contribution in [1.29, 1.82) is 0 Å². The number of carbonyl (C=O) groups excluding carboxylic acids is 2. The molecule has 2 aromatic carbocycles. The Balaban J connectivity index is 2.08. The molecule has 0 aromatic heterocycles. The Morgan fingerprint density at radius 3 is 2.00 bits per heavy atom. The van der Waals surface area contributed by atoms with E-state index in [0.29, 0.717) is 6.54 Å². The van der Waals surface area contributed by atoms with Gasteiger partial charge in [-0.3, -0.25) is 10.1 Å². The molecule has 0 heterocycles. The summed E-state index contributed by atoms with van der Waals surface area (Å²) in [6.07, 6.45) is 0. The van der Waals surface area contributed by atoms with Crippen LogP contribution in [-0.4, -0.2) is 25.5 Å². The predicted octanol–water partition coefficient (Wildman–Crippen LogP) is 2.58. The molecule has 2 aromatic rings. The lowest BCUT2D eigenvalue weighted by molar-refractivity contribution is -0.122. The van der Waals surface area contributed by atoms with Gasteiger partial charge in [-0.2, -0.15) is 0 Å². The average Bonchev–Trinajstić information content (AvgIpc) is 2.63. The summed E-state index contributed by atoms with van der Waals surface area (Å²) >= 11 is 0. The molecule has 3 amide bonds. The van der Waals surface area contributed by atoms with E-state index in [2.05, 4.69) is 35.0 Å². The molecule has 0 unspecified atom stereocenters. The molecule has 24 heavy (non-hydrogen) atoms. The van der Waals surface area contributed by atoms with Crippen molar-refractivity contribution in [3.63, 3.8) is 0 Å². The van der Waals surface area contributed by atoms with E-state index in [1.165, 1.54) is 12.6 Å². The average molecular weight is 325 g/mol. The monoisotopic (exact) mass is 325 g/mol. The van der Waals surface area contributed by atoms with Crippen molar-refractivity contribution < 1.29 is 9.59 Å². The summed E-state index contributed by atoms with van der Waals surface area (Å²) in [6, 6.07) is 18.4. The van der Waals surface area contributed by atoms with Crippen LogP contribution in [0.5, 0.6) is 0 Å². The maximum absolute atomic E-state index is 12.4. The van der Waals surface area contributed by atoms with Crippen molar-refractivity contribution in [3.8, 4) is 0 Å². The number of urea groups is 1. The fourth-order valence-corrected chi connectivity index (χ4v) is 2.45. The number of amides is 3. The van der Waals surface area contributed by atoms with Gasteiger partial charge in [0.15, 0.2) is 0 Å². The van der Waals surface area contributed by atoms with E-state index in [-0.39, 0.29) is 11.8 Å². The van der Waals surface area contributed by atoms with Crippen LogP contribution in [0.3, 0.4) is 0 Å². The van der Waals surface area contributed by atoms with E-state index in [9.17, 15) is 9.59 Å². The normalized spacial score (nSPS) is 12.9. The molecule has 3 N–H and O–H groups in total. The highest BCUT2D eigenvalue weighted by Gasteiger charge is 2.22. The van der Waals surface area contributed by atoms with Gasteiger partial charge >= 0.3 is 6.03 Å². The molecule has 0 aliphatic carbocycles. The van der Waals surface area contributed by atoms with Crippen LogP contribution in [-0.2, 0) is 4.79 Å². The van der Waals surface area contributed by atoms with Crippen LogP contribution in [0.1, 0.15) is 30.0 Å². The van der Waals surface area contributed by atoms with E-state index in [0.717, 1.165) is 5.56 Å². The Kier molecular flexibility index (Phi) is 6.51. The first kappa shape index (κ1) is 17.7. The standard InChI is InChI=1S/C19H23N3O2/c1-14(15-9-5-3-6-10-15)13-21-17(16-11-7-4-8-12-16)18(23)22-19(24)20-2/h3-12,14,17,21H,13H2,1-2H3,(H2,20,22,23,24)/t14-,17+/m1/s1. The summed E-state index contributed by atoms with van der Waals surface area (Å²) in [5, 5.41) is 8.01. The number of carbonyl (C=O) groups is 2. The number of benzene rings is 2. The third-order valence-corrected chi connectivity index (χ3v) is 3.86. The van der Waals surface area contributed by atoms with Crippen LogP contribution in [0.25, 0.3) is 0 Å². The summed E-state index contributed by atoms with van der Waals surface area (Å²) < 4.78 is 0. The van der Waals surface area contributed by atoms with E-state index >= 15 is 0 Å². The molecule has 0 radical (unpaired) electrons. The Morgan fingerprint density at radius 1 is 0.917 bits per heavy atom. The highest BCUT2D eigenvalue weighted by atomic mass is 16.2. The summed E-state index contributed by atoms with van der Waals surface area (Å²) in [5.74, 6) is -0.133. The number of imide groups is 1. The first-order chi connectivity index (χ1) is 11.6. The maximum atomic E-state index is 12.4. The molecule has 0 bridgehead atoms. The third kappa shape index (κ3) is 4.93. The van der Waals surface area contributed by atoms with Gasteiger partial charge in [0.05, 0.1) is 0 Å². The highest BCUT2D eigenvalue weighted by Crippen LogP contribution is 2.17. The second kappa shape index (κ2) is 8.84. The highest BCUT2D eigenvalue weighted by molar-refractivity contribution is 5.97. The molecular formula is C19H23N3O2. The number of nitrogens with one attached hydrogen (secondary N) is 3. The lowest BCUT2D eigenvalue weighted by atomic mass is 10.00. The van der Waals surface area contributed by atoms with Gasteiger partial charge in [0.25, 0.3) is 0 Å². The van der Waals surface area contributed by atoms with Crippen molar-refractivity contribution in [2.45, 2.75) is 18.9 Å². The third-order valence-electron chi connectivity index (χ3n) is 3.86. The zero-order valence-corrected chi connectivity index (χ0v) is 14.0. The molecule has 0 saturated heterocycles. The zero-order chi connectivity index (χ0) is 17.4. The number of rotatable bonds is 6. The van der Waals surface area contributed by atoms with Gasteiger partial charge in [-0.25, -0.2) is 4.79 Å². The number of hydrogen-bond acceptors (Lipinski definition) is 3. The molecular weight excluding hydrogens is 302 g/mol. The smallest absolute Gasteiger partial charge is 0.321 e. The summed E-state index contributed by atoms with van der Waals surface area (Å²) in [7, 11) is 1.48. The molecule has 0 aliphatic rings. The van der Waals surface area contributed by atoms with Gasteiger partial charge in [0, 0.05) is 13.6 Å². The van der Waals surface area contributed by atoms with E-state index in [1.807, 2.05) is 48.5 Å². The topological polar surface area (TPSA) is 70.2 Å². The summed E-state index contributed by atoms with van der Waals surface area (Å²) in [4.78, 5) is 23.9.